The Morgan fingerprint density at radius 1 is 1.67 bits per heavy atom. The molecular formula is C3H11OPS2Si2. The molecule has 0 aliphatic rings. The lowest BCUT2D eigenvalue weighted by molar-refractivity contribution is 0.605. The number of hydrogen-bond acceptors (Lipinski definition) is 3. The molecule has 1 nitrogen and oxygen atoms in total. The monoisotopic (exact) mass is 214 g/mol. The van der Waals surface area contributed by atoms with Crippen LogP contribution in [-0.2, 0) is 16.4 Å². The molecule has 0 saturated carbocycles. The standard InChI is InChI=1S/C3H11OPS2Si2/c1-8-2-3-9-7-5(4)6/h2-3,8-9H2,1H3. The molecule has 0 spiro atoms. The van der Waals surface area contributed by atoms with Crippen LogP contribution < -0.4 is 0 Å². The van der Waals surface area contributed by atoms with Crippen LogP contribution in [0.3, 0.4) is 0 Å². The molecule has 6 heteroatoms. The highest BCUT2D eigenvalue weighted by atomic mass is 33.0. The molecule has 0 amide bonds. The molecule has 54 valence electrons. The minimum absolute atomic E-state index is 0.0836. The second-order valence-electron chi connectivity index (χ2n) is 1.76. The van der Waals surface area contributed by atoms with E-state index in [9.17, 15) is 4.57 Å². The van der Waals surface area contributed by atoms with Crippen molar-refractivity contribution < 1.29 is 4.57 Å². The maximum absolute atomic E-state index is 10.4. The van der Waals surface area contributed by atoms with Crippen LogP contribution in [0.4, 0.5) is 0 Å². The van der Waals surface area contributed by atoms with E-state index < -0.39 is 5.78 Å². The zero-order chi connectivity index (χ0) is 7.11. The van der Waals surface area contributed by atoms with Gasteiger partial charge in [-0.2, -0.15) is 0 Å². The lowest BCUT2D eigenvalue weighted by Gasteiger charge is -1.88. The summed E-state index contributed by atoms with van der Waals surface area (Å²) in [6.07, 6.45) is 0. The molecule has 0 fully saturated rings. The third kappa shape index (κ3) is 9.10. The molecule has 0 aromatic rings. The largest absolute Gasteiger partial charge is 0.259 e. The average Bonchev–Trinajstić information content (AvgIpc) is 1.80. The molecule has 9 heavy (non-hydrogen) atoms. The van der Waals surface area contributed by atoms with Crippen LogP contribution in [-0.4, -0.2) is 18.2 Å². The van der Waals surface area contributed by atoms with Crippen LogP contribution in [0.2, 0.25) is 18.6 Å². The van der Waals surface area contributed by atoms with Crippen molar-refractivity contribution in [1.29, 1.82) is 0 Å². The van der Waals surface area contributed by atoms with Gasteiger partial charge < -0.3 is 0 Å². The fraction of sp³-hybridized carbons (Fsp3) is 1.00. The average molecular weight is 214 g/mol. The lowest BCUT2D eigenvalue weighted by atomic mass is 11.0. The Morgan fingerprint density at radius 3 is 2.78 bits per heavy atom. The maximum Gasteiger partial charge on any atom is 0.220 e. The van der Waals surface area contributed by atoms with Crippen molar-refractivity contribution in [2.45, 2.75) is 18.6 Å². The van der Waals surface area contributed by atoms with E-state index in [1.807, 2.05) is 0 Å². The molecule has 1 atom stereocenters. The minimum Gasteiger partial charge on any atom is -0.259 e. The summed E-state index contributed by atoms with van der Waals surface area (Å²) in [5.74, 6) is -1.29. The van der Waals surface area contributed by atoms with Gasteiger partial charge in [0.1, 0.15) is 8.67 Å². The van der Waals surface area contributed by atoms with E-state index in [2.05, 4.69) is 18.4 Å². The molecule has 0 radical (unpaired) electrons. The van der Waals surface area contributed by atoms with Crippen molar-refractivity contribution in [1.82, 2.24) is 0 Å². The highest BCUT2D eigenvalue weighted by Crippen LogP contribution is 2.24. The third-order valence-electron chi connectivity index (χ3n) is 0.945. The highest BCUT2D eigenvalue weighted by Gasteiger charge is 1.89. The topological polar surface area (TPSA) is 17.1 Å². The van der Waals surface area contributed by atoms with Gasteiger partial charge in [0.25, 0.3) is 0 Å². The first-order chi connectivity index (χ1) is 4.27. The van der Waals surface area contributed by atoms with Gasteiger partial charge in [0.05, 0.1) is 0 Å². The summed E-state index contributed by atoms with van der Waals surface area (Å²) < 4.78 is 10.4. The van der Waals surface area contributed by atoms with Crippen LogP contribution in [0.1, 0.15) is 0 Å². The van der Waals surface area contributed by atoms with E-state index in [1.165, 1.54) is 12.1 Å². The van der Waals surface area contributed by atoms with E-state index in [1.54, 1.807) is 10.8 Å². The summed E-state index contributed by atoms with van der Waals surface area (Å²) in [7, 11) is 1.73. The molecule has 0 saturated heterocycles. The second kappa shape index (κ2) is 7.21. The molecule has 0 aliphatic heterocycles. The first-order valence-electron chi connectivity index (χ1n) is 3.04. The molecule has 0 aromatic carbocycles. The minimum atomic E-state index is -1.29. The van der Waals surface area contributed by atoms with Gasteiger partial charge in [0, 0.05) is 9.52 Å². The summed E-state index contributed by atoms with van der Waals surface area (Å²) in [6.45, 7) is 2.31. The Bertz CT molecular complexity index is 119. The first kappa shape index (κ1) is 10.1. The smallest absolute Gasteiger partial charge is 0.220 e. The molecule has 0 aliphatic carbocycles. The molecule has 0 aromatic heterocycles. The Hall–Kier alpha value is 1.10. The van der Waals surface area contributed by atoms with E-state index in [0.717, 1.165) is 0 Å². The van der Waals surface area contributed by atoms with Crippen LogP contribution in [0.5, 0.6) is 0 Å². The predicted octanol–water partition coefficient (Wildman–Crippen LogP) is 1.06. The molecule has 0 heterocycles. The van der Waals surface area contributed by atoms with Crippen LogP contribution >= 0.6 is 16.6 Å². The Kier molecular flexibility index (Phi) is 8.10. The van der Waals surface area contributed by atoms with Crippen molar-refractivity contribution in [3.8, 4) is 0 Å². The van der Waals surface area contributed by atoms with Crippen LogP contribution in [0.25, 0.3) is 0 Å². The van der Waals surface area contributed by atoms with Crippen molar-refractivity contribution in [2.75, 3.05) is 0 Å². The lowest BCUT2D eigenvalue weighted by Crippen LogP contribution is -1.83. The predicted molar refractivity (Wildman–Crippen MR) is 55.1 cm³/mol. The molecular weight excluding hydrogens is 203 g/mol. The number of rotatable bonds is 5. The van der Waals surface area contributed by atoms with Crippen LogP contribution in [0.15, 0.2) is 0 Å². The van der Waals surface area contributed by atoms with Crippen molar-refractivity contribution in [3.05, 3.63) is 0 Å². The van der Waals surface area contributed by atoms with E-state index in [4.69, 9.17) is 0 Å². The summed E-state index contributed by atoms with van der Waals surface area (Å²) in [5, 5.41) is 0. The van der Waals surface area contributed by atoms with Gasteiger partial charge >= 0.3 is 0 Å². The van der Waals surface area contributed by atoms with Crippen molar-refractivity contribution >= 4 is 46.6 Å². The van der Waals surface area contributed by atoms with E-state index >= 15 is 0 Å². The van der Waals surface area contributed by atoms with Gasteiger partial charge in [-0.3, -0.25) is 4.57 Å². The van der Waals surface area contributed by atoms with Gasteiger partial charge in [-0.1, -0.05) is 29.5 Å². The Balaban J connectivity index is 2.92. The van der Waals surface area contributed by atoms with Crippen LogP contribution in [0, 0.1) is 0 Å². The third-order valence-corrected chi connectivity index (χ3v) is 12.8. The van der Waals surface area contributed by atoms with Gasteiger partial charge in [-0.25, -0.2) is 0 Å². The highest BCUT2D eigenvalue weighted by molar-refractivity contribution is 8.70. The number of hydrogen-bond donors (Lipinski definition) is 0. The SMILES string of the molecule is C[SiH2]CC[SiH2]SP(=O)=S. The zero-order valence-electron chi connectivity index (χ0n) is 5.50. The maximum atomic E-state index is 10.4. The van der Waals surface area contributed by atoms with Gasteiger partial charge in [-0.15, -0.1) is 0 Å². The fourth-order valence-corrected chi connectivity index (χ4v) is 10.8. The first-order valence-corrected chi connectivity index (χ1v) is 12.1. The molecule has 0 N–H and O–H groups in total. The van der Waals surface area contributed by atoms with Gasteiger partial charge in [0.15, 0.2) is 0 Å². The van der Waals surface area contributed by atoms with Crippen molar-refractivity contribution in [3.63, 3.8) is 0 Å². The molecule has 0 bridgehead atoms. The molecule has 0 rings (SSSR count). The Morgan fingerprint density at radius 2 is 2.33 bits per heavy atom. The van der Waals surface area contributed by atoms with Gasteiger partial charge in [-0.05, 0) is 11.8 Å². The molecule has 1 unspecified atom stereocenters. The summed E-state index contributed by atoms with van der Waals surface area (Å²) in [5.41, 5.74) is 0. The normalized spacial score (nSPS) is 14.1. The van der Waals surface area contributed by atoms with E-state index in [-0.39, 0.29) is 18.2 Å². The summed E-state index contributed by atoms with van der Waals surface area (Å²) in [4.78, 5) is 0. The summed E-state index contributed by atoms with van der Waals surface area (Å²) >= 11 is 4.55. The zero-order valence-corrected chi connectivity index (χ0v) is 10.9. The van der Waals surface area contributed by atoms with Crippen molar-refractivity contribution in [2.24, 2.45) is 0 Å². The second-order valence-corrected chi connectivity index (χ2v) is 12.3. The fourth-order valence-electron chi connectivity index (χ4n) is 0.491. The van der Waals surface area contributed by atoms with E-state index in [0.29, 0.717) is 0 Å². The van der Waals surface area contributed by atoms with Gasteiger partial charge in [0.2, 0.25) is 5.78 Å². The quantitative estimate of drug-likeness (QED) is 0.387. The Labute approximate surface area is 69.9 Å². The summed E-state index contributed by atoms with van der Waals surface area (Å²) in [6, 6.07) is 2.78.